The molecule has 0 amide bonds. The van der Waals surface area contributed by atoms with E-state index in [1.54, 1.807) is 29.2 Å². The Kier molecular flexibility index (Phi) is 4.55. The Labute approximate surface area is 134 Å². The molecule has 1 N–H and O–H groups in total. The molecule has 1 saturated heterocycles. The molecule has 0 aliphatic carbocycles. The van der Waals surface area contributed by atoms with Gasteiger partial charge in [0.2, 0.25) is 0 Å². The lowest BCUT2D eigenvalue weighted by atomic mass is 10.1. The van der Waals surface area contributed by atoms with Crippen molar-refractivity contribution in [2.75, 3.05) is 23.3 Å². The quantitative estimate of drug-likeness (QED) is 0.933. The molecule has 2 aromatic heterocycles. The maximum atomic E-state index is 13.6. The van der Waals surface area contributed by atoms with Crippen LogP contribution in [0, 0.1) is 5.82 Å². The fraction of sp³-hybridized carbons (Fsp3) is 0.438. The second kappa shape index (κ2) is 6.76. The van der Waals surface area contributed by atoms with Crippen LogP contribution in [0.5, 0.6) is 0 Å². The summed E-state index contributed by atoms with van der Waals surface area (Å²) in [6, 6.07) is 3.11. The Morgan fingerprint density at radius 3 is 2.78 bits per heavy atom. The summed E-state index contributed by atoms with van der Waals surface area (Å²) in [5.41, 5.74) is -0.0582. The van der Waals surface area contributed by atoms with Gasteiger partial charge in [-0.25, -0.2) is 14.4 Å². The largest absolute Gasteiger partial charge is 0.365 e. The molecule has 6 nitrogen and oxygen atoms in total. The SMILES string of the molecule is CCn1ccnc(N2CCC(Nc3ncccc3F)CC2)c1=O. The van der Waals surface area contributed by atoms with E-state index in [1.807, 2.05) is 11.8 Å². The van der Waals surface area contributed by atoms with Gasteiger partial charge in [-0.2, -0.15) is 0 Å². The maximum Gasteiger partial charge on any atom is 0.293 e. The molecule has 23 heavy (non-hydrogen) atoms. The van der Waals surface area contributed by atoms with Crippen LogP contribution < -0.4 is 15.8 Å². The standard InChI is InChI=1S/C16H20FN5O/c1-2-21-11-8-19-15(16(21)23)22-9-5-12(6-10-22)20-14-13(17)4-3-7-18-14/h3-4,7-8,11-12H,2,5-6,9-10H2,1H3,(H,18,20). The van der Waals surface area contributed by atoms with Gasteiger partial charge < -0.3 is 14.8 Å². The van der Waals surface area contributed by atoms with Crippen LogP contribution in [0.4, 0.5) is 16.0 Å². The number of anilines is 2. The van der Waals surface area contributed by atoms with Crippen molar-refractivity contribution in [2.45, 2.75) is 32.4 Å². The summed E-state index contributed by atoms with van der Waals surface area (Å²) < 4.78 is 15.3. The predicted octanol–water partition coefficient (Wildman–Crippen LogP) is 1.88. The van der Waals surface area contributed by atoms with Crippen molar-refractivity contribution < 1.29 is 4.39 Å². The van der Waals surface area contributed by atoms with Gasteiger partial charge >= 0.3 is 0 Å². The van der Waals surface area contributed by atoms with Crippen molar-refractivity contribution in [3.63, 3.8) is 0 Å². The molecule has 0 spiro atoms. The normalized spacial score (nSPS) is 15.7. The van der Waals surface area contributed by atoms with Crippen molar-refractivity contribution in [1.82, 2.24) is 14.5 Å². The number of hydrogen-bond donors (Lipinski definition) is 1. The number of aryl methyl sites for hydroxylation is 1. The van der Waals surface area contributed by atoms with Gasteiger partial charge in [-0.1, -0.05) is 0 Å². The second-order valence-corrected chi connectivity index (χ2v) is 5.58. The molecular formula is C16H20FN5O. The number of nitrogens with zero attached hydrogens (tertiary/aromatic N) is 4. The first kappa shape index (κ1) is 15.5. The first-order valence-electron chi connectivity index (χ1n) is 7.86. The molecule has 7 heteroatoms. The van der Waals surface area contributed by atoms with Gasteiger partial charge in [0.1, 0.15) is 0 Å². The van der Waals surface area contributed by atoms with Crippen LogP contribution in [0.25, 0.3) is 0 Å². The van der Waals surface area contributed by atoms with Crippen molar-refractivity contribution >= 4 is 11.6 Å². The Morgan fingerprint density at radius 2 is 2.09 bits per heavy atom. The first-order valence-corrected chi connectivity index (χ1v) is 7.86. The highest BCUT2D eigenvalue weighted by Crippen LogP contribution is 2.19. The van der Waals surface area contributed by atoms with Gasteiger partial charge in [0.15, 0.2) is 17.5 Å². The lowest BCUT2D eigenvalue weighted by molar-refractivity contribution is 0.514. The van der Waals surface area contributed by atoms with Crippen LogP contribution >= 0.6 is 0 Å². The van der Waals surface area contributed by atoms with E-state index < -0.39 is 0 Å². The molecule has 2 aromatic rings. The summed E-state index contributed by atoms with van der Waals surface area (Å²) >= 11 is 0. The number of rotatable bonds is 4. The highest BCUT2D eigenvalue weighted by Gasteiger charge is 2.23. The van der Waals surface area contributed by atoms with Crippen LogP contribution in [0.1, 0.15) is 19.8 Å². The van der Waals surface area contributed by atoms with E-state index in [1.165, 1.54) is 6.07 Å². The van der Waals surface area contributed by atoms with Gasteiger partial charge in [-0.3, -0.25) is 4.79 Å². The zero-order valence-corrected chi connectivity index (χ0v) is 13.1. The molecule has 3 heterocycles. The smallest absolute Gasteiger partial charge is 0.293 e. The van der Waals surface area contributed by atoms with Crippen LogP contribution in [-0.2, 0) is 6.54 Å². The van der Waals surface area contributed by atoms with Gasteiger partial charge in [0, 0.05) is 44.3 Å². The minimum absolute atomic E-state index is 0.0582. The molecule has 1 aliphatic heterocycles. The molecular weight excluding hydrogens is 297 g/mol. The Hall–Kier alpha value is -2.44. The van der Waals surface area contributed by atoms with Gasteiger partial charge in [0.05, 0.1) is 0 Å². The average molecular weight is 317 g/mol. The fourth-order valence-corrected chi connectivity index (χ4v) is 2.82. The molecule has 0 radical (unpaired) electrons. The monoisotopic (exact) mass is 317 g/mol. The third kappa shape index (κ3) is 3.33. The maximum absolute atomic E-state index is 13.6. The topological polar surface area (TPSA) is 63.1 Å². The lowest BCUT2D eigenvalue weighted by Crippen LogP contribution is -2.42. The minimum atomic E-state index is -0.342. The zero-order valence-electron chi connectivity index (χ0n) is 13.1. The highest BCUT2D eigenvalue weighted by molar-refractivity contribution is 5.39. The lowest BCUT2D eigenvalue weighted by Gasteiger charge is -2.33. The summed E-state index contributed by atoms with van der Waals surface area (Å²) in [4.78, 5) is 22.6. The Morgan fingerprint density at radius 1 is 1.30 bits per heavy atom. The Balaban J connectivity index is 1.65. The van der Waals surface area contributed by atoms with Crippen molar-refractivity contribution in [3.8, 4) is 0 Å². The number of aromatic nitrogens is 3. The van der Waals surface area contributed by atoms with Gasteiger partial charge in [-0.05, 0) is 31.9 Å². The molecule has 0 unspecified atom stereocenters. The van der Waals surface area contributed by atoms with Gasteiger partial charge in [0.25, 0.3) is 5.56 Å². The number of halogens is 1. The molecule has 122 valence electrons. The van der Waals surface area contributed by atoms with E-state index in [0.717, 1.165) is 12.8 Å². The summed E-state index contributed by atoms with van der Waals surface area (Å²) in [5, 5.41) is 3.14. The molecule has 0 aromatic carbocycles. The highest BCUT2D eigenvalue weighted by atomic mass is 19.1. The number of hydrogen-bond acceptors (Lipinski definition) is 5. The van der Waals surface area contributed by atoms with Crippen LogP contribution in [0.15, 0.2) is 35.5 Å². The van der Waals surface area contributed by atoms with Crippen molar-refractivity contribution in [3.05, 3.63) is 46.9 Å². The van der Waals surface area contributed by atoms with E-state index in [4.69, 9.17) is 0 Å². The molecule has 0 bridgehead atoms. The van der Waals surface area contributed by atoms with E-state index in [0.29, 0.717) is 25.5 Å². The number of nitrogens with one attached hydrogen (secondary N) is 1. The molecule has 3 rings (SSSR count). The fourth-order valence-electron chi connectivity index (χ4n) is 2.82. The molecule has 1 fully saturated rings. The van der Waals surface area contributed by atoms with E-state index in [-0.39, 0.29) is 23.2 Å². The number of pyridine rings is 1. The summed E-state index contributed by atoms with van der Waals surface area (Å²) in [7, 11) is 0. The summed E-state index contributed by atoms with van der Waals surface area (Å²) in [6.07, 6.45) is 6.54. The van der Waals surface area contributed by atoms with Crippen LogP contribution in [0.3, 0.4) is 0 Å². The van der Waals surface area contributed by atoms with Crippen LogP contribution in [-0.4, -0.2) is 33.7 Å². The second-order valence-electron chi connectivity index (χ2n) is 5.58. The van der Waals surface area contributed by atoms with E-state index in [9.17, 15) is 9.18 Å². The summed E-state index contributed by atoms with van der Waals surface area (Å²) in [6.45, 7) is 3.98. The Bertz CT molecular complexity index is 724. The molecule has 1 aliphatic rings. The number of piperidine rings is 1. The van der Waals surface area contributed by atoms with Crippen LogP contribution in [0.2, 0.25) is 0 Å². The minimum Gasteiger partial charge on any atom is -0.365 e. The first-order chi connectivity index (χ1) is 11.2. The van der Waals surface area contributed by atoms with Crippen molar-refractivity contribution in [1.29, 1.82) is 0 Å². The van der Waals surface area contributed by atoms with E-state index in [2.05, 4.69) is 15.3 Å². The summed E-state index contributed by atoms with van der Waals surface area (Å²) in [5.74, 6) is 0.444. The third-order valence-corrected chi connectivity index (χ3v) is 4.13. The van der Waals surface area contributed by atoms with Crippen molar-refractivity contribution in [2.24, 2.45) is 0 Å². The van der Waals surface area contributed by atoms with E-state index >= 15 is 0 Å². The third-order valence-electron chi connectivity index (χ3n) is 4.13. The molecule has 0 saturated carbocycles. The molecule has 0 atom stereocenters. The van der Waals surface area contributed by atoms with Gasteiger partial charge in [-0.15, -0.1) is 0 Å². The zero-order chi connectivity index (χ0) is 16.2. The predicted molar refractivity (Wildman–Crippen MR) is 87.2 cm³/mol. The average Bonchev–Trinajstić information content (AvgIpc) is 2.58.